The second-order valence-corrected chi connectivity index (χ2v) is 36.8. The van der Waals surface area contributed by atoms with E-state index in [-0.39, 0.29) is 83.5 Å². The minimum atomic E-state index is -0.364. The number of halogens is 3. The molecule has 18 nitrogen and oxygen atoms in total. The minimum Gasteiger partial charge on any atom is -0.351 e. The van der Waals surface area contributed by atoms with Crippen LogP contribution in [0.4, 0.5) is 0 Å². The van der Waals surface area contributed by atoms with Crippen LogP contribution >= 0.6 is 34.8 Å². The lowest BCUT2D eigenvalue weighted by Gasteiger charge is -2.31. The molecule has 1 aromatic heterocycles. The quantitative estimate of drug-likeness (QED) is 0.0220. The maximum atomic E-state index is 14.2. The molecule has 10 aromatic rings. The fourth-order valence-corrected chi connectivity index (χ4v) is 19.3. The molecule has 2 unspecified atom stereocenters. The predicted molar refractivity (Wildman–Crippen MR) is 526 cm³/mol. The van der Waals surface area contributed by atoms with E-state index in [0.717, 1.165) is 99.7 Å². The molecular weight excluding hydrogens is 1670 g/mol. The molecule has 21 heteroatoms. The Balaban J connectivity index is 0.000000165. The standard InChI is InChI=1S/C37H45ClN4O2.C37H41ClN4O2.C34H43ClN4O2/c2*1-27-13-14-28(2)42(27)24-22-35-37(44)41(26-34(30-9-5-3-6-10-30)31-11-7-4-8-12-31)23-21-33(40-35)25-39-36(43)20-17-29-15-18-32(38)19-16-29;1-2-25(26-9-5-3-6-10-26)24-39-20-15-31(37-32(34(39)41)16-19-38-17-7-4-8-18-38)23-36-33(40)29-12-11-28-22-30(35)14-13-27(28)21-29/h3-12,15-20,27-28,33-35,40H,13-14,21-26H2,1-2H3,(H,39,43);3-20,33-35,40H,21-26H2,1-2H3,(H,39,43);3,5-6,9-14,21-22,25,31-32,37H,2,4,7-8,15-20,23-24H2,1H3,(H,36,40)/b2*20-17+;/t27?,28?,33-,35-;33-,35-;25-,31+,32+/m001/s1. The van der Waals surface area contributed by atoms with Gasteiger partial charge in [-0.1, -0.05) is 236 Å². The van der Waals surface area contributed by atoms with Crippen molar-refractivity contribution in [1.82, 2.24) is 61.0 Å². The van der Waals surface area contributed by atoms with Crippen molar-refractivity contribution in [2.45, 2.75) is 184 Å². The molecule has 9 atom stereocenters. The molecule has 0 saturated carbocycles. The van der Waals surface area contributed by atoms with E-state index >= 15 is 0 Å². The maximum Gasteiger partial charge on any atom is 0.251 e. The van der Waals surface area contributed by atoms with Gasteiger partial charge in [0.1, 0.15) is 0 Å². The monoisotopic (exact) mass is 1790 g/mol. The van der Waals surface area contributed by atoms with E-state index in [9.17, 15) is 28.8 Å². The van der Waals surface area contributed by atoms with Crippen molar-refractivity contribution >= 4 is 93.2 Å². The zero-order valence-corrected chi connectivity index (χ0v) is 77.8. The summed E-state index contributed by atoms with van der Waals surface area (Å²) in [6.07, 6.45) is 18.3. The number of benzene rings is 9. The Labute approximate surface area is 779 Å². The van der Waals surface area contributed by atoms with Gasteiger partial charge in [-0.15, -0.1) is 0 Å². The second kappa shape index (κ2) is 48.9. The molecule has 0 bridgehead atoms. The number of fused-ring (bicyclic) bond motifs is 1. The summed E-state index contributed by atoms with van der Waals surface area (Å²) in [6, 6.07) is 82.8. The van der Waals surface area contributed by atoms with Crippen LogP contribution in [0.5, 0.6) is 0 Å². The Kier molecular flexibility index (Phi) is 36.4. The third-order valence-electron chi connectivity index (χ3n) is 26.5. The highest BCUT2D eigenvalue weighted by atomic mass is 35.5. The highest BCUT2D eigenvalue weighted by Crippen LogP contribution is 2.32. The van der Waals surface area contributed by atoms with Crippen LogP contribution in [0.15, 0.2) is 261 Å². The number of aryl methyl sites for hydroxylation is 2. The lowest BCUT2D eigenvalue weighted by atomic mass is 9.90. The summed E-state index contributed by atoms with van der Waals surface area (Å²) in [5.41, 5.74) is 10.9. The third-order valence-corrected chi connectivity index (χ3v) is 27.2. The van der Waals surface area contributed by atoms with Gasteiger partial charge in [0.15, 0.2) is 0 Å². The normalized spacial score (nSPS) is 20.4. The molecule has 5 aliphatic rings. The van der Waals surface area contributed by atoms with Crippen LogP contribution < -0.4 is 31.9 Å². The summed E-state index contributed by atoms with van der Waals surface area (Å²) in [5, 5.41) is 24.2. The lowest BCUT2D eigenvalue weighted by molar-refractivity contribution is -0.134. The average molecular weight is 1800 g/mol. The molecule has 6 heterocycles. The molecule has 0 spiro atoms. The first-order valence-electron chi connectivity index (χ1n) is 46.6. The summed E-state index contributed by atoms with van der Waals surface area (Å²) in [6.45, 7) is 21.0. The fraction of sp³-hybridized carbons (Fsp3) is 0.389. The fourth-order valence-electron chi connectivity index (χ4n) is 18.8. The summed E-state index contributed by atoms with van der Waals surface area (Å²) in [5.74, 6) is 0.478. The van der Waals surface area contributed by atoms with Crippen LogP contribution in [0.25, 0.3) is 22.9 Å². The van der Waals surface area contributed by atoms with Crippen LogP contribution in [0, 0.1) is 13.8 Å². The van der Waals surface area contributed by atoms with Crippen LogP contribution in [0.2, 0.25) is 15.1 Å². The number of hydrogen-bond acceptors (Lipinski definition) is 11. The van der Waals surface area contributed by atoms with E-state index in [1.54, 1.807) is 42.5 Å². The number of nitrogens with one attached hydrogen (secondary N) is 6. The van der Waals surface area contributed by atoms with E-state index in [1.165, 1.54) is 77.4 Å². The van der Waals surface area contributed by atoms with Gasteiger partial charge in [0.2, 0.25) is 29.5 Å². The average Bonchev–Trinajstić information content (AvgIpc) is 1.64. The molecule has 6 N–H and O–H groups in total. The van der Waals surface area contributed by atoms with Crippen LogP contribution in [0.1, 0.15) is 176 Å². The first-order valence-corrected chi connectivity index (χ1v) is 47.8. The van der Waals surface area contributed by atoms with Crippen molar-refractivity contribution in [3.8, 4) is 0 Å². The number of carbonyl (C=O) groups is 6. The Morgan fingerprint density at radius 1 is 0.411 bits per heavy atom. The minimum absolute atomic E-state index is 0.0119. The number of piperidine rings is 1. The van der Waals surface area contributed by atoms with Gasteiger partial charge in [0, 0.05) is 171 Å². The Hall–Kier alpha value is -10.5. The van der Waals surface area contributed by atoms with Crippen molar-refractivity contribution in [1.29, 1.82) is 0 Å². The number of rotatable bonds is 32. The van der Waals surface area contributed by atoms with E-state index in [2.05, 4.69) is 224 Å². The Bertz CT molecular complexity index is 5170. The summed E-state index contributed by atoms with van der Waals surface area (Å²) >= 11 is 18.1. The van der Waals surface area contributed by atoms with Gasteiger partial charge in [0.25, 0.3) is 5.91 Å². The summed E-state index contributed by atoms with van der Waals surface area (Å²) in [7, 11) is 0. The van der Waals surface area contributed by atoms with Crippen molar-refractivity contribution < 1.29 is 28.8 Å². The molecule has 15 rings (SSSR count). The van der Waals surface area contributed by atoms with E-state index in [4.69, 9.17) is 34.8 Å². The molecule has 129 heavy (non-hydrogen) atoms. The number of likely N-dealkylation sites (tertiary alicyclic amines) is 2. The summed E-state index contributed by atoms with van der Waals surface area (Å²) in [4.78, 5) is 92.0. The largest absolute Gasteiger partial charge is 0.351 e. The topological polar surface area (TPSA) is 196 Å². The van der Waals surface area contributed by atoms with Crippen molar-refractivity contribution in [2.24, 2.45) is 0 Å². The number of hydrogen-bond donors (Lipinski definition) is 6. The number of aromatic nitrogens is 1. The molecular formula is C108H129Cl3N12O6. The van der Waals surface area contributed by atoms with Gasteiger partial charge in [-0.05, 0) is 234 Å². The van der Waals surface area contributed by atoms with E-state index in [1.807, 2.05) is 95.9 Å². The van der Waals surface area contributed by atoms with Crippen LogP contribution in [0.3, 0.4) is 0 Å². The van der Waals surface area contributed by atoms with E-state index in [0.29, 0.717) is 97.4 Å². The highest BCUT2D eigenvalue weighted by molar-refractivity contribution is 6.31. The number of nitrogens with zero attached hydrogens (tertiary/aromatic N) is 6. The molecule has 5 aliphatic heterocycles. The van der Waals surface area contributed by atoms with Crippen molar-refractivity contribution in [2.75, 3.05) is 85.1 Å². The van der Waals surface area contributed by atoms with Gasteiger partial charge in [-0.2, -0.15) is 0 Å². The number of amides is 6. The third kappa shape index (κ3) is 28.5. The second-order valence-electron chi connectivity index (χ2n) is 35.5. The smallest absolute Gasteiger partial charge is 0.251 e. The zero-order chi connectivity index (χ0) is 90.4. The Morgan fingerprint density at radius 3 is 1.22 bits per heavy atom. The van der Waals surface area contributed by atoms with Crippen molar-refractivity contribution in [3.05, 3.63) is 332 Å². The van der Waals surface area contributed by atoms with Crippen molar-refractivity contribution in [3.63, 3.8) is 0 Å². The first kappa shape index (κ1) is 96.1. The van der Waals surface area contributed by atoms with Gasteiger partial charge < -0.3 is 56.1 Å². The molecule has 0 aliphatic carbocycles. The lowest BCUT2D eigenvalue weighted by Crippen LogP contribution is -2.50. The van der Waals surface area contributed by atoms with Gasteiger partial charge in [0.05, 0.1) is 18.1 Å². The first-order chi connectivity index (χ1) is 62.7. The zero-order valence-electron chi connectivity index (χ0n) is 75.5. The van der Waals surface area contributed by atoms with Crippen LogP contribution in [-0.4, -0.2) is 198 Å². The molecule has 9 aromatic carbocycles. The molecule has 678 valence electrons. The van der Waals surface area contributed by atoms with E-state index < -0.39 is 0 Å². The SMILES string of the molecule is CC1CCC(C)N1CC[C@@H]1N[C@H](CNC(=O)/C=C/c2ccc(Cl)cc2)CCN(CC(c2ccccc2)c2ccccc2)C1=O.CC[C@H](CN1CC[C@@H](CNC(=O)c2ccc3cc(Cl)ccc3c2)N[C@@H](CCN2CCCCC2)C1=O)c1ccccc1.Cc1ccc(C)n1CC[C@@H]1N[C@H](CNC(=O)/C=C/c2ccc(Cl)cc2)CCN(CC(c2ccccc2)c2ccccc2)C1=O. The van der Waals surface area contributed by atoms with Gasteiger partial charge in [-0.3, -0.25) is 33.7 Å². The predicted octanol–water partition coefficient (Wildman–Crippen LogP) is 18.3. The highest BCUT2D eigenvalue weighted by Gasteiger charge is 2.38. The molecule has 6 amide bonds. The molecule has 5 fully saturated rings. The summed E-state index contributed by atoms with van der Waals surface area (Å²) < 4.78 is 2.26. The molecule has 0 radical (unpaired) electrons. The molecule has 5 saturated heterocycles. The van der Waals surface area contributed by atoms with Gasteiger partial charge >= 0.3 is 0 Å². The number of carbonyl (C=O) groups excluding carboxylic acids is 6. The van der Waals surface area contributed by atoms with Gasteiger partial charge in [-0.25, -0.2) is 0 Å². The Morgan fingerprint density at radius 2 is 0.791 bits per heavy atom. The van der Waals surface area contributed by atoms with Crippen LogP contribution in [-0.2, 0) is 30.5 Å². The maximum absolute atomic E-state index is 14.2.